The molecule has 7 heteroatoms. The van der Waals surface area contributed by atoms with Crippen LogP contribution in [0.4, 0.5) is 0 Å². The van der Waals surface area contributed by atoms with Gasteiger partial charge in [-0.2, -0.15) is 5.10 Å². The molecule has 0 unspecified atom stereocenters. The lowest BCUT2D eigenvalue weighted by Gasteiger charge is -2.28. The average molecular weight is 459 g/mol. The molecule has 2 aromatic heterocycles. The van der Waals surface area contributed by atoms with E-state index in [1.54, 1.807) is 15.6 Å². The van der Waals surface area contributed by atoms with Crippen LogP contribution < -0.4 is 5.32 Å². The number of carbonyl (C=O) groups excluding carboxylic acids is 2. The van der Waals surface area contributed by atoms with Gasteiger partial charge in [-0.1, -0.05) is 48.5 Å². The van der Waals surface area contributed by atoms with E-state index in [-0.39, 0.29) is 17.9 Å². The van der Waals surface area contributed by atoms with Crippen LogP contribution >= 0.6 is 0 Å². The van der Waals surface area contributed by atoms with E-state index in [9.17, 15) is 9.59 Å². The number of likely N-dealkylation sites (N-methyl/N-ethyl adjacent to an activating group) is 1. The second-order valence-electron chi connectivity index (χ2n) is 8.44. The van der Waals surface area contributed by atoms with Crippen molar-refractivity contribution in [2.24, 2.45) is 0 Å². The first-order valence-electron chi connectivity index (χ1n) is 11.6. The van der Waals surface area contributed by atoms with E-state index in [1.165, 1.54) is 6.26 Å². The van der Waals surface area contributed by atoms with Crippen molar-refractivity contribution in [1.29, 1.82) is 0 Å². The third-order valence-electron chi connectivity index (χ3n) is 6.09. The van der Waals surface area contributed by atoms with Crippen molar-refractivity contribution in [1.82, 2.24) is 20.0 Å². The average Bonchev–Trinajstić information content (AvgIpc) is 3.46. The highest BCUT2D eigenvalue weighted by Gasteiger charge is 2.25. The number of carbonyl (C=O) groups is 2. The highest BCUT2D eigenvalue weighted by molar-refractivity contribution is 6.05. The summed E-state index contributed by atoms with van der Waals surface area (Å²) in [6, 6.07) is 19.3. The monoisotopic (exact) mass is 458 g/mol. The Morgan fingerprint density at radius 3 is 2.62 bits per heavy atom. The molecule has 2 aromatic carbocycles. The van der Waals surface area contributed by atoms with E-state index < -0.39 is 0 Å². The number of rotatable bonds is 9. The van der Waals surface area contributed by atoms with Crippen LogP contribution in [-0.2, 0) is 13.0 Å². The van der Waals surface area contributed by atoms with Crippen LogP contribution in [0, 0.1) is 6.92 Å². The molecule has 1 atom stereocenters. The number of nitrogens with one attached hydrogen (secondary N) is 1. The molecule has 0 aliphatic carbocycles. The van der Waals surface area contributed by atoms with Crippen molar-refractivity contribution in [3.05, 3.63) is 89.4 Å². The van der Waals surface area contributed by atoms with Gasteiger partial charge in [0, 0.05) is 31.6 Å². The molecule has 176 valence electrons. The molecule has 4 rings (SSSR count). The predicted molar refractivity (Wildman–Crippen MR) is 132 cm³/mol. The van der Waals surface area contributed by atoms with Crippen LogP contribution in [0.5, 0.6) is 0 Å². The molecule has 0 saturated carbocycles. The number of hydrogen-bond acceptors (Lipinski definition) is 4. The van der Waals surface area contributed by atoms with Crippen molar-refractivity contribution in [3.8, 4) is 0 Å². The van der Waals surface area contributed by atoms with Crippen LogP contribution in [-0.4, -0.2) is 46.1 Å². The second kappa shape index (κ2) is 10.4. The van der Waals surface area contributed by atoms with Crippen LogP contribution in [0.2, 0.25) is 0 Å². The number of aromatic nitrogens is 2. The van der Waals surface area contributed by atoms with Crippen molar-refractivity contribution in [3.63, 3.8) is 0 Å². The Kier molecular flexibility index (Phi) is 7.11. The molecule has 1 N–H and O–H groups in total. The summed E-state index contributed by atoms with van der Waals surface area (Å²) in [5, 5.41) is 8.15. The van der Waals surface area contributed by atoms with Gasteiger partial charge < -0.3 is 14.6 Å². The Morgan fingerprint density at radius 1 is 1.12 bits per heavy atom. The maximum Gasteiger partial charge on any atom is 0.269 e. The van der Waals surface area contributed by atoms with E-state index in [0.717, 1.165) is 16.6 Å². The fourth-order valence-corrected chi connectivity index (χ4v) is 4.23. The SMILES string of the molecule is CCn1nc(C)cc1C(=O)NCC[C@H](Cc1ccccc1)N(C)C(=O)c1coc2ccccc12. The second-order valence-corrected chi connectivity index (χ2v) is 8.44. The fraction of sp³-hybridized carbons (Fsp3) is 0.296. The number of para-hydroxylation sites is 1. The van der Waals surface area contributed by atoms with Gasteiger partial charge in [-0.25, -0.2) is 0 Å². The molecule has 0 spiro atoms. The number of hydrogen-bond donors (Lipinski definition) is 1. The minimum absolute atomic E-state index is 0.100. The third-order valence-corrected chi connectivity index (χ3v) is 6.09. The number of furan rings is 1. The van der Waals surface area contributed by atoms with E-state index in [2.05, 4.69) is 22.5 Å². The molecule has 7 nitrogen and oxygen atoms in total. The Labute approximate surface area is 199 Å². The lowest BCUT2D eigenvalue weighted by Crippen LogP contribution is -2.41. The van der Waals surface area contributed by atoms with E-state index in [1.807, 2.05) is 63.4 Å². The van der Waals surface area contributed by atoms with Gasteiger partial charge in [0.25, 0.3) is 11.8 Å². The number of aryl methyl sites for hydroxylation is 2. The zero-order valence-electron chi connectivity index (χ0n) is 19.8. The molecule has 2 heterocycles. The largest absolute Gasteiger partial charge is 0.463 e. The first-order chi connectivity index (χ1) is 16.5. The summed E-state index contributed by atoms with van der Waals surface area (Å²) >= 11 is 0. The molecule has 0 bridgehead atoms. The molecule has 4 aromatic rings. The maximum atomic E-state index is 13.4. The lowest BCUT2D eigenvalue weighted by atomic mass is 10.0. The highest BCUT2D eigenvalue weighted by Crippen LogP contribution is 2.23. The molecule has 0 fully saturated rings. The standard InChI is InChI=1S/C27H30N4O3/c1-4-31-24(16-19(2)29-31)26(32)28-15-14-21(17-20-10-6-5-7-11-20)30(3)27(33)23-18-34-25-13-9-8-12-22(23)25/h5-13,16,18,21H,4,14-15,17H2,1-3H3,(H,28,32)/t21-/m1/s1. The van der Waals surface area contributed by atoms with Gasteiger partial charge in [0.05, 0.1) is 11.3 Å². The van der Waals surface area contributed by atoms with Crippen LogP contribution in [0.1, 0.15) is 45.4 Å². The van der Waals surface area contributed by atoms with Crippen LogP contribution in [0.25, 0.3) is 11.0 Å². The third kappa shape index (κ3) is 5.03. The Morgan fingerprint density at radius 2 is 1.85 bits per heavy atom. The molecular formula is C27H30N4O3. The zero-order valence-corrected chi connectivity index (χ0v) is 19.8. The first kappa shape index (κ1) is 23.3. The maximum absolute atomic E-state index is 13.4. The first-order valence-corrected chi connectivity index (χ1v) is 11.6. The van der Waals surface area contributed by atoms with E-state index in [0.29, 0.717) is 42.8 Å². The number of fused-ring (bicyclic) bond motifs is 1. The topological polar surface area (TPSA) is 80.4 Å². The quantitative estimate of drug-likeness (QED) is 0.402. The van der Waals surface area contributed by atoms with Crippen molar-refractivity contribution in [2.45, 2.75) is 39.3 Å². The molecule has 0 aliphatic rings. The Hall–Kier alpha value is -3.87. The summed E-state index contributed by atoms with van der Waals surface area (Å²) in [6.07, 6.45) is 2.82. The van der Waals surface area contributed by atoms with Crippen molar-refractivity contribution in [2.75, 3.05) is 13.6 Å². The predicted octanol–water partition coefficient (Wildman–Crippen LogP) is 4.46. The summed E-state index contributed by atoms with van der Waals surface area (Å²) in [6.45, 7) is 4.90. The van der Waals surface area contributed by atoms with Gasteiger partial charge >= 0.3 is 0 Å². The molecule has 0 saturated heterocycles. The van der Waals surface area contributed by atoms with Gasteiger partial charge in [-0.05, 0) is 44.4 Å². The zero-order chi connectivity index (χ0) is 24.1. The summed E-state index contributed by atoms with van der Waals surface area (Å²) in [5.41, 5.74) is 3.73. The Bertz CT molecular complexity index is 1280. The van der Waals surface area contributed by atoms with E-state index >= 15 is 0 Å². The van der Waals surface area contributed by atoms with Crippen LogP contribution in [0.15, 0.2) is 71.3 Å². The summed E-state index contributed by atoms with van der Waals surface area (Å²) in [4.78, 5) is 27.9. The normalized spacial score (nSPS) is 12.0. The Balaban J connectivity index is 1.49. The molecule has 0 aliphatic heterocycles. The summed E-state index contributed by atoms with van der Waals surface area (Å²) in [5.74, 6) is -0.257. The van der Waals surface area contributed by atoms with Gasteiger partial charge in [0.1, 0.15) is 17.5 Å². The minimum atomic E-state index is -0.157. The number of benzene rings is 2. The highest BCUT2D eigenvalue weighted by atomic mass is 16.3. The van der Waals surface area contributed by atoms with Gasteiger partial charge in [-0.15, -0.1) is 0 Å². The number of amides is 2. The molecule has 34 heavy (non-hydrogen) atoms. The smallest absolute Gasteiger partial charge is 0.269 e. The summed E-state index contributed by atoms with van der Waals surface area (Å²) < 4.78 is 7.29. The molecular weight excluding hydrogens is 428 g/mol. The number of nitrogens with zero attached hydrogens (tertiary/aromatic N) is 3. The molecule has 2 amide bonds. The van der Waals surface area contributed by atoms with Crippen molar-refractivity contribution < 1.29 is 14.0 Å². The van der Waals surface area contributed by atoms with Gasteiger partial charge in [0.15, 0.2) is 0 Å². The lowest BCUT2D eigenvalue weighted by molar-refractivity contribution is 0.0723. The van der Waals surface area contributed by atoms with Gasteiger partial charge in [0.2, 0.25) is 0 Å². The minimum Gasteiger partial charge on any atom is -0.463 e. The van der Waals surface area contributed by atoms with E-state index in [4.69, 9.17) is 4.42 Å². The van der Waals surface area contributed by atoms with Crippen LogP contribution in [0.3, 0.4) is 0 Å². The summed E-state index contributed by atoms with van der Waals surface area (Å²) in [7, 11) is 1.81. The van der Waals surface area contributed by atoms with Gasteiger partial charge in [-0.3, -0.25) is 14.3 Å². The molecule has 0 radical (unpaired) electrons. The van der Waals surface area contributed by atoms with Crippen molar-refractivity contribution >= 4 is 22.8 Å². The fourth-order valence-electron chi connectivity index (χ4n) is 4.23.